The first-order valence-electron chi connectivity index (χ1n) is 5.68. The Morgan fingerprint density at radius 1 is 1.67 bits per heavy atom. The van der Waals surface area contributed by atoms with E-state index in [1.165, 1.54) is 10.9 Å². The number of fused-ring (bicyclic) bond motifs is 1. The van der Waals surface area contributed by atoms with E-state index in [4.69, 9.17) is 5.73 Å². The average molecular weight is 249 g/mol. The fourth-order valence-corrected chi connectivity index (χ4v) is 1.74. The highest BCUT2D eigenvalue weighted by Gasteiger charge is 2.20. The van der Waals surface area contributed by atoms with Gasteiger partial charge in [0.05, 0.1) is 6.20 Å². The van der Waals surface area contributed by atoms with Gasteiger partial charge in [-0.2, -0.15) is 4.57 Å². The molecule has 0 aromatic carbocycles. The van der Waals surface area contributed by atoms with E-state index in [1.807, 2.05) is 7.05 Å². The first-order chi connectivity index (χ1) is 8.65. The first kappa shape index (κ1) is 12.3. The van der Waals surface area contributed by atoms with Crippen molar-refractivity contribution in [1.82, 2.24) is 19.8 Å². The molecule has 7 nitrogen and oxygen atoms in total. The number of rotatable bonds is 3. The second-order valence-electron chi connectivity index (χ2n) is 4.04. The lowest BCUT2D eigenvalue weighted by molar-refractivity contribution is -0.353. The number of aromatic nitrogens is 3. The fraction of sp³-hybridized carbons (Fsp3) is 0.364. The van der Waals surface area contributed by atoms with Crippen LogP contribution in [-0.4, -0.2) is 47.7 Å². The monoisotopic (exact) mass is 249 g/mol. The zero-order chi connectivity index (χ0) is 13.1. The van der Waals surface area contributed by atoms with Gasteiger partial charge in [0.25, 0.3) is 0 Å². The van der Waals surface area contributed by atoms with E-state index in [0.29, 0.717) is 18.0 Å². The third-order valence-corrected chi connectivity index (χ3v) is 2.80. The SMILES string of the molecule is CNCCN(C)C(=O)n1ccc2c(N)nc[nH+]c21. The molecule has 0 atom stereocenters. The van der Waals surface area contributed by atoms with Gasteiger partial charge in [0, 0.05) is 20.1 Å². The van der Waals surface area contributed by atoms with Crippen LogP contribution in [0.2, 0.25) is 0 Å². The number of nitrogens with zero attached hydrogens (tertiary/aromatic N) is 3. The third-order valence-electron chi connectivity index (χ3n) is 2.80. The van der Waals surface area contributed by atoms with Crippen LogP contribution in [0.5, 0.6) is 0 Å². The number of H-pyrrole nitrogens is 1. The number of likely N-dealkylation sites (N-methyl/N-ethyl adjacent to an activating group) is 2. The molecule has 7 heteroatoms. The van der Waals surface area contributed by atoms with Crippen molar-refractivity contribution in [3.05, 3.63) is 18.6 Å². The number of aromatic amines is 1. The molecule has 0 spiro atoms. The van der Waals surface area contributed by atoms with E-state index in [0.717, 1.165) is 11.9 Å². The van der Waals surface area contributed by atoms with Crippen molar-refractivity contribution in [2.75, 3.05) is 32.9 Å². The molecule has 2 heterocycles. The first-order valence-corrected chi connectivity index (χ1v) is 5.68. The highest BCUT2D eigenvalue weighted by molar-refractivity contribution is 5.92. The fourth-order valence-electron chi connectivity index (χ4n) is 1.74. The lowest BCUT2D eigenvalue weighted by atomic mass is 10.4. The van der Waals surface area contributed by atoms with Crippen molar-refractivity contribution in [1.29, 1.82) is 0 Å². The molecule has 0 unspecified atom stereocenters. The highest BCUT2D eigenvalue weighted by Crippen LogP contribution is 2.15. The van der Waals surface area contributed by atoms with Crippen LogP contribution >= 0.6 is 0 Å². The Morgan fingerprint density at radius 3 is 3.17 bits per heavy atom. The van der Waals surface area contributed by atoms with Crippen molar-refractivity contribution < 1.29 is 9.78 Å². The maximum Gasteiger partial charge on any atom is 0.386 e. The minimum Gasteiger partial charge on any atom is -0.369 e. The number of nitrogens with one attached hydrogen (secondary N) is 2. The van der Waals surface area contributed by atoms with E-state index in [2.05, 4.69) is 15.3 Å². The maximum atomic E-state index is 12.2. The van der Waals surface area contributed by atoms with Gasteiger partial charge in [0.2, 0.25) is 17.8 Å². The predicted molar refractivity (Wildman–Crippen MR) is 68.1 cm³/mol. The van der Waals surface area contributed by atoms with Crippen molar-refractivity contribution in [2.45, 2.75) is 0 Å². The number of hydrogen-bond donors (Lipinski definition) is 2. The van der Waals surface area contributed by atoms with Gasteiger partial charge in [-0.25, -0.2) is 9.78 Å². The Morgan fingerprint density at radius 2 is 2.44 bits per heavy atom. The Balaban J connectivity index is 2.31. The van der Waals surface area contributed by atoms with Gasteiger partial charge in [-0.15, -0.1) is 0 Å². The molecule has 0 aliphatic rings. The Hall–Kier alpha value is -2.15. The number of carbonyl (C=O) groups excluding carboxylic acids is 1. The average Bonchev–Trinajstić information content (AvgIpc) is 2.80. The summed E-state index contributed by atoms with van der Waals surface area (Å²) in [5.41, 5.74) is 6.40. The van der Waals surface area contributed by atoms with E-state index >= 15 is 0 Å². The van der Waals surface area contributed by atoms with E-state index in [1.54, 1.807) is 24.2 Å². The molecular formula is C11H17N6O+. The summed E-state index contributed by atoms with van der Waals surface area (Å²) < 4.78 is 1.53. The van der Waals surface area contributed by atoms with Crippen molar-refractivity contribution >= 4 is 22.9 Å². The van der Waals surface area contributed by atoms with Crippen LogP contribution in [0.1, 0.15) is 0 Å². The zero-order valence-electron chi connectivity index (χ0n) is 10.5. The largest absolute Gasteiger partial charge is 0.386 e. The Labute approximate surface area is 105 Å². The molecule has 0 aliphatic heterocycles. The summed E-state index contributed by atoms with van der Waals surface area (Å²) in [5.74, 6) is 0.410. The highest BCUT2D eigenvalue weighted by atomic mass is 16.2. The smallest absolute Gasteiger partial charge is 0.369 e. The Bertz CT molecular complexity index is 564. The van der Waals surface area contributed by atoms with Crippen molar-refractivity contribution in [3.63, 3.8) is 0 Å². The van der Waals surface area contributed by atoms with Crippen molar-refractivity contribution in [2.24, 2.45) is 0 Å². The Kier molecular flexibility index (Phi) is 3.42. The number of amides is 1. The van der Waals surface area contributed by atoms with Gasteiger partial charge in [-0.05, 0) is 13.1 Å². The molecule has 18 heavy (non-hydrogen) atoms. The molecule has 0 radical (unpaired) electrons. The van der Waals surface area contributed by atoms with E-state index in [-0.39, 0.29) is 6.03 Å². The van der Waals surface area contributed by atoms with E-state index in [9.17, 15) is 4.79 Å². The third kappa shape index (κ3) is 2.12. The molecular weight excluding hydrogens is 232 g/mol. The molecule has 1 amide bonds. The van der Waals surface area contributed by atoms with Crippen LogP contribution in [0.4, 0.5) is 10.6 Å². The maximum absolute atomic E-state index is 12.2. The van der Waals surface area contributed by atoms with Crippen LogP contribution in [0.3, 0.4) is 0 Å². The van der Waals surface area contributed by atoms with Gasteiger partial charge in [-0.3, -0.25) is 0 Å². The summed E-state index contributed by atoms with van der Waals surface area (Å²) in [6.45, 7) is 1.38. The van der Waals surface area contributed by atoms with Crippen LogP contribution in [0, 0.1) is 0 Å². The minimum atomic E-state index is -0.109. The summed E-state index contributed by atoms with van der Waals surface area (Å²) in [6.07, 6.45) is 3.17. The number of nitrogen functional groups attached to an aromatic ring is 1. The molecule has 0 saturated carbocycles. The topological polar surface area (TPSA) is 90.3 Å². The molecule has 2 rings (SSSR count). The standard InChI is InChI=1S/C11H16N6O/c1-13-4-6-16(2)11(18)17-5-3-8-9(12)14-7-15-10(8)17/h3,5,7,13H,4,6H2,1-2H3,(H2,12,14,15)/p+1. The zero-order valence-corrected chi connectivity index (χ0v) is 10.5. The number of carbonyl (C=O) groups is 1. The number of nitrogens with two attached hydrogens (primary N) is 1. The van der Waals surface area contributed by atoms with Gasteiger partial charge in [0.15, 0.2) is 0 Å². The summed E-state index contributed by atoms with van der Waals surface area (Å²) >= 11 is 0. The van der Waals surface area contributed by atoms with Gasteiger partial charge in [-0.1, -0.05) is 4.98 Å². The molecule has 2 aromatic rings. The molecule has 96 valence electrons. The molecule has 0 bridgehead atoms. The van der Waals surface area contributed by atoms with Crippen LogP contribution in [0.25, 0.3) is 11.0 Å². The van der Waals surface area contributed by atoms with Gasteiger partial charge in [0.1, 0.15) is 5.39 Å². The second-order valence-corrected chi connectivity index (χ2v) is 4.04. The normalized spacial score (nSPS) is 10.8. The van der Waals surface area contributed by atoms with Crippen LogP contribution in [-0.2, 0) is 0 Å². The lowest BCUT2D eigenvalue weighted by Gasteiger charge is -2.14. The summed E-state index contributed by atoms with van der Waals surface area (Å²) in [5, 5.41) is 3.75. The van der Waals surface area contributed by atoms with E-state index < -0.39 is 0 Å². The van der Waals surface area contributed by atoms with Crippen LogP contribution in [0.15, 0.2) is 18.6 Å². The quantitative estimate of drug-likeness (QED) is 0.771. The summed E-state index contributed by atoms with van der Waals surface area (Å²) in [4.78, 5) is 20.7. The molecule has 0 fully saturated rings. The second kappa shape index (κ2) is 5.01. The van der Waals surface area contributed by atoms with Gasteiger partial charge < -0.3 is 16.0 Å². The molecule has 0 saturated heterocycles. The van der Waals surface area contributed by atoms with Crippen molar-refractivity contribution in [3.8, 4) is 0 Å². The molecule has 0 aliphatic carbocycles. The van der Waals surface area contributed by atoms with Crippen LogP contribution < -0.4 is 16.0 Å². The predicted octanol–water partition coefficient (Wildman–Crippen LogP) is -0.448. The minimum absolute atomic E-state index is 0.109. The molecule has 2 aromatic heterocycles. The van der Waals surface area contributed by atoms with Gasteiger partial charge >= 0.3 is 6.03 Å². The summed E-state index contributed by atoms with van der Waals surface area (Å²) in [7, 11) is 3.61. The number of anilines is 1. The summed E-state index contributed by atoms with van der Waals surface area (Å²) in [6, 6.07) is 1.67. The lowest BCUT2D eigenvalue weighted by Crippen LogP contribution is -2.36. The number of hydrogen-bond acceptors (Lipinski definition) is 4. The molecule has 4 N–H and O–H groups in total.